The Hall–Kier alpha value is -3.39. The van der Waals surface area contributed by atoms with E-state index < -0.39 is 24.0 Å². The number of rotatable bonds is 7. The van der Waals surface area contributed by atoms with Gasteiger partial charge in [-0.25, -0.2) is 4.79 Å². The van der Waals surface area contributed by atoms with Gasteiger partial charge in [-0.2, -0.15) is 5.06 Å². The molecule has 0 radical (unpaired) electrons. The highest BCUT2D eigenvalue weighted by molar-refractivity contribution is 5.90. The summed E-state index contributed by atoms with van der Waals surface area (Å²) in [5.41, 5.74) is 7.87. The number of urea groups is 1. The van der Waals surface area contributed by atoms with Crippen LogP contribution in [-0.4, -0.2) is 41.3 Å². The number of carbonyl (C=O) groups is 3. The van der Waals surface area contributed by atoms with Crippen molar-refractivity contribution in [1.82, 2.24) is 9.96 Å². The van der Waals surface area contributed by atoms with Gasteiger partial charge in [0.2, 0.25) is 5.91 Å². The number of hydrogen-bond donors (Lipinski definition) is 1. The molecule has 28 heavy (non-hydrogen) atoms. The number of nitrogens with two attached hydrogens (primary N) is 1. The predicted molar refractivity (Wildman–Crippen MR) is 97.8 cm³/mol. The van der Waals surface area contributed by atoms with Crippen molar-refractivity contribution in [3.63, 3.8) is 0 Å². The highest BCUT2D eigenvalue weighted by atomic mass is 16.7. The second-order valence-electron chi connectivity index (χ2n) is 6.61. The average molecular weight is 381 g/mol. The maximum Gasteiger partial charge on any atom is 0.345 e. The normalized spacial score (nSPS) is 20.1. The third-order valence-corrected chi connectivity index (χ3v) is 4.91. The summed E-state index contributed by atoms with van der Waals surface area (Å²) in [6.07, 6.45) is 0.655. The summed E-state index contributed by atoms with van der Waals surface area (Å²) in [5, 5.41) is 1.29. The molecule has 0 aliphatic carbocycles. The van der Waals surface area contributed by atoms with E-state index in [1.165, 1.54) is 9.96 Å². The molecule has 8 nitrogen and oxygen atoms in total. The molecule has 2 N–H and O–H groups in total. The molecule has 3 amide bonds. The Kier molecular flexibility index (Phi) is 4.70. The summed E-state index contributed by atoms with van der Waals surface area (Å²) in [4.78, 5) is 42.8. The van der Waals surface area contributed by atoms with E-state index in [0.29, 0.717) is 17.6 Å². The van der Waals surface area contributed by atoms with E-state index in [9.17, 15) is 14.4 Å². The number of primary amides is 1. The second-order valence-corrected chi connectivity index (χ2v) is 6.61. The fraction of sp³-hybridized carbons (Fsp3) is 0.250. The van der Waals surface area contributed by atoms with Gasteiger partial charge in [-0.3, -0.25) is 14.4 Å². The Morgan fingerprint density at radius 1 is 1.18 bits per heavy atom. The molecule has 8 heteroatoms. The first-order valence-corrected chi connectivity index (χ1v) is 8.86. The average Bonchev–Trinajstić information content (AvgIpc) is 2.98. The molecule has 4 rings (SSSR count). The van der Waals surface area contributed by atoms with E-state index in [-0.39, 0.29) is 19.8 Å². The molecule has 0 aromatic heterocycles. The SMILES string of the molecule is NC(=O)C1c2ccc(OCC=O)cc2C2CN1C(=O)N2OCc1ccccc1. The van der Waals surface area contributed by atoms with Crippen molar-refractivity contribution in [3.8, 4) is 5.75 Å². The third kappa shape index (κ3) is 3.07. The van der Waals surface area contributed by atoms with Crippen molar-refractivity contribution in [1.29, 1.82) is 0 Å². The Labute approximate surface area is 161 Å². The molecule has 2 aliphatic rings. The van der Waals surface area contributed by atoms with E-state index in [2.05, 4.69) is 0 Å². The number of hydrogen-bond acceptors (Lipinski definition) is 5. The molecule has 2 aromatic carbocycles. The summed E-state index contributed by atoms with van der Waals surface area (Å²) < 4.78 is 5.37. The van der Waals surface area contributed by atoms with Gasteiger partial charge in [0, 0.05) is 0 Å². The Morgan fingerprint density at radius 2 is 1.96 bits per heavy atom. The predicted octanol–water partition coefficient (Wildman–Crippen LogP) is 1.71. The monoisotopic (exact) mass is 381 g/mol. The topological polar surface area (TPSA) is 102 Å². The fourth-order valence-electron chi connectivity index (χ4n) is 3.69. The maximum atomic E-state index is 12.9. The molecule has 2 atom stereocenters. The summed E-state index contributed by atoms with van der Waals surface area (Å²) in [5.74, 6) is -0.135. The zero-order valence-corrected chi connectivity index (χ0v) is 15.0. The quantitative estimate of drug-likeness (QED) is 0.736. The van der Waals surface area contributed by atoms with Gasteiger partial charge in [-0.1, -0.05) is 36.4 Å². The van der Waals surface area contributed by atoms with Gasteiger partial charge in [-0.15, -0.1) is 0 Å². The Morgan fingerprint density at radius 3 is 2.68 bits per heavy atom. The maximum absolute atomic E-state index is 12.9. The summed E-state index contributed by atoms with van der Waals surface area (Å²) in [6.45, 7) is 0.419. The lowest BCUT2D eigenvalue weighted by Gasteiger charge is -2.31. The van der Waals surface area contributed by atoms with Crippen LogP contribution in [0.4, 0.5) is 4.79 Å². The van der Waals surface area contributed by atoms with Crippen LogP contribution in [0.2, 0.25) is 0 Å². The molecule has 2 aromatic rings. The lowest BCUT2D eigenvalue weighted by Crippen LogP contribution is -2.41. The van der Waals surface area contributed by atoms with E-state index in [1.54, 1.807) is 18.2 Å². The van der Waals surface area contributed by atoms with Crippen LogP contribution < -0.4 is 10.5 Å². The van der Waals surface area contributed by atoms with Crippen molar-refractivity contribution < 1.29 is 24.0 Å². The van der Waals surface area contributed by atoms with Crippen LogP contribution in [-0.2, 0) is 21.0 Å². The van der Waals surface area contributed by atoms with E-state index in [4.69, 9.17) is 15.3 Å². The van der Waals surface area contributed by atoms with Crippen molar-refractivity contribution in [2.45, 2.75) is 18.7 Å². The molecule has 1 fully saturated rings. The van der Waals surface area contributed by atoms with Crippen LogP contribution in [0.3, 0.4) is 0 Å². The standard InChI is InChI=1S/C20H19N3O5/c21-19(25)18-15-7-6-14(27-9-8-24)10-16(15)17-11-22(18)20(26)23(17)28-12-13-4-2-1-3-5-13/h1-8,10,17-18H,9,11-12H2,(H2,21,25). The number of carbonyl (C=O) groups excluding carboxylic acids is 3. The van der Waals surface area contributed by atoms with E-state index in [1.807, 2.05) is 30.3 Å². The van der Waals surface area contributed by atoms with Crippen molar-refractivity contribution in [2.75, 3.05) is 13.2 Å². The highest BCUT2D eigenvalue weighted by Gasteiger charge is 2.50. The number of amides is 3. The molecule has 2 unspecified atom stereocenters. The molecule has 1 saturated heterocycles. The van der Waals surface area contributed by atoms with Gasteiger partial charge in [0.25, 0.3) is 0 Å². The lowest BCUT2D eigenvalue weighted by molar-refractivity contribution is -0.141. The summed E-state index contributed by atoms with van der Waals surface area (Å²) >= 11 is 0. The zero-order valence-electron chi connectivity index (χ0n) is 15.0. The minimum atomic E-state index is -0.871. The summed E-state index contributed by atoms with van der Waals surface area (Å²) in [7, 11) is 0. The number of fused-ring (bicyclic) bond motifs is 4. The first-order chi connectivity index (χ1) is 13.6. The first-order valence-electron chi connectivity index (χ1n) is 8.86. The van der Waals surface area contributed by atoms with Gasteiger partial charge < -0.3 is 15.4 Å². The van der Waals surface area contributed by atoms with Crippen molar-refractivity contribution in [3.05, 3.63) is 65.2 Å². The van der Waals surface area contributed by atoms with Gasteiger partial charge in [0.15, 0.2) is 6.29 Å². The van der Waals surface area contributed by atoms with Gasteiger partial charge >= 0.3 is 6.03 Å². The molecular formula is C20H19N3O5. The molecule has 144 valence electrons. The summed E-state index contributed by atoms with van der Waals surface area (Å²) in [6, 6.07) is 12.9. The molecule has 0 saturated carbocycles. The molecular weight excluding hydrogens is 362 g/mol. The minimum Gasteiger partial charge on any atom is -0.486 e. The number of benzene rings is 2. The van der Waals surface area contributed by atoms with E-state index >= 15 is 0 Å². The van der Waals surface area contributed by atoms with Crippen LogP contribution in [0.25, 0.3) is 0 Å². The third-order valence-electron chi connectivity index (χ3n) is 4.91. The molecule has 2 aliphatic heterocycles. The van der Waals surface area contributed by atoms with Crippen LogP contribution in [0, 0.1) is 0 Å². The van der Waals surface area contributed by atoms with Gasteiger partial charge in [-0.05, 0) is 28.8 Å². The number of nitrogens with zero attached hydrogens (tertiary/aromatic N) is 2. The number of ether oxygens (including phenoxy) is 1. The Balaban J connectivity index is 1.66. The molecule has 0 spiro atoms. The van der Waals surface area contributed by atoms with Crippen LogP contribution in [0.5, 0.6) is 5.75 Å². The largest absolute Gasteiger partial charge is 0.486 e. The lowest BCUT2D eigenvalue weighted by atomic mass is 9.90. The molecule has 2 bridgehead atoms. The number of aldehydes is 1. The van der Waals surface area contributed by atoms with Crippen LogP contribution in [0.15, 0.2) is 48.5 Å². The van der Waals surface area contributed by atoms with Crippen molar-refractivity contribution >= 4 is 18.2 Å². The van der Waals surface area contributed by atoms with Crippen LogP contribution in [0.1, 0.15) is 28.8 Å². The molecule has 2 heterocycles. The highest BCUT2D eigenvalue weighted by Crippen LogP contribution is 2.45. The zero-order chi connectivity index (χ0) is 19.7. The number of hydroxylamine groups is 2. The minimum absolute atomic E-state index is 0.0814. The van der Waals surface area contributed by atoms with Crippen LogP contribution >= 0.6 is 0 Å². The van der Waals surface area contributed by atoms with Gasteiger partial charge in [0.1, 0.15) is 31.0 Å². The smallest absolute Gasteiger partial charge is 0.345 e. The fourth-order valence-corrected chi connectivity index (χ4v) is 3.69. The van der Waals surface area contributed by atoms with Crippen molar-refractivity contribution in [2.24, 2.45) is 5.73 Å². The Bertz CT molecular complexity index is 917. The first kappa shape index (κ1) is 18.0. The van der Waals surface area contributed by atoms with Gasteiger partial charge in [0.05, 0.1) is 6.54 Å². The van der Waals surface area contributed by atoms with E-state index in [0.717, 1.165) is 11.1 Å². The second kappa shape index (κ2) is 7.32.